The summed E-state index contributed by atoms with van der Waals surface area (Å²) in [5, 5.41) is 0.327. The lowest BCUT2D eigenvalue weighted by atomic mass is 10.1. The molecule has 0 radical (unpaired) electrons. The normalized spacial score (nSPS) is 15.7. The van der Waals surface area contributed by atoms with E-state index in [0.717, 1.165) is 23.4 Å². The predicted octanol–water partition coefficient (Wildman–Crippen LogP) is 4.23. The van der Waals surface area contributed by atoms with Crippen molar-refractivity contribution in [1.82, 2.24) is 19.5 Å². The smallest absolute Gasteiger partial charge is 0.264 e. The molecule has 0 saturated heterocycles. The molecule has 3 heterocycles. The molecule has 144 valence electrons. The lowest BCUT2D eigenvalue weighted by Crippen LogP contribution is -2.28. The van der Waals surface area contributed by atoms with E-state index in [-0.39, 0.29) is 11.6 Å². The van der Waals surface area contributed by atoms with Gasteiger partial charge in [0.2, 0.25) is 5.95 Å². The number of hydrogen-bond acceptors (Lipinski definition) is 5. The molecule has 6 nitrogen and oxygen atoms in total. The van der Waals surface area contributed by atoms with Gasteiger partial charge in [-0.05, 0) is 49.6 Å². The highest BCUT2D eigenvalue weighted by atomic mass is 32.1. The number of fused-ring (bicyclic) bond motifs is 2. The van der Waals surface area contributed by atoms with Crippen LogP contribution in [0.25, 0.3) is 16.7 Å². The highest BCUT2D eigenvalue weighted by molar-refractivity contribution is 7.71. The Bertz CT molecular complexity index is 1370. The first-order valence-corrected chi connectivity index (χ1v) is 9.89. The molecule has 2 aromatic carbocycles. The Morgan fingerprint density at radius 2 is 2.00 bits per heavy atom. The third-order valence-corrected chi connectivity index (χ3v) is 5.73. The van der Waals surface area contributed by atoms with Crippen LogP contribution in [0.1, 0.15) is 18.1 Å². The Labute approximate surface area is 172 Å². The maximum absolute atomic E-state index is 13.0. The van der Waals surface area contributed by atoms with Gasteiger partial charge in [0.1, 0.15) is 16.4 Å². The molecule has 1 atom stereocenters. The van der Waals surface area contributed by atoms with Crippen molar-refractivity contribution in [2.24, 2.45) is 0 Å². The molecule has 1 aliphatic heterocycles. The Balaban J connectivity index is 1.68. The maximum Gasteiger partial charge on any atom is 0.264 e. The van der Waals surface area contributed by atoms with Crippen molar-refractivity contribution in [3.05, 3.63) is 81.0 Å². The summed E-state index contributed by atoms with van der Waals surface area (Å²) in [5.74, 6) is 0.496. The van der Waals surface area contributed by atoms with Crippen molar-refractivity contribution in [3.8, 4) is 5.69 Å². The van der Waals surface area contributed by atoms with E-state index in [2.05, 4.69) is 32.8 Å². The average molecular weight is 401 g/mol. The monoisotopic (exact) mass is 401 g/mol. The second-order valence-corrected chi connectivity index (χ2v) is 7.79. The highest BCUT2D eigenvalue weighted by Gasteiger charge is 2.29. The molecule has 0 unspecified atom stereocenters. The van der Waals surface area contributed by atoms with E-state index in [1.165, 1.54) is 5.56 Å². The molecular weight excluding hydrogens is 382 g/mol. The highest BCUT2D eigenvalue weighted by Crippen LogP contribution is 2.36. The lowest BCUT2D eigenvalue weighted by molar-refractivity contribution is 0.739. The average Bonchev–Trinajstić information content (AvgIpc) is 3.03. The van der Waals surface area contributed by atoms with Crippen LogP contribution in [0.2, 0.25) is 0 Å². The van der Waals surface area contributed by atoms with Crippen molar-refractivity contribution >= 4 is 34.9 Å². The number of hydrogen-bond donors (Lipinski definition) is 1. The Kier molecular flexibility index (Phi) is 4.06. The predicted molar refractivity (Wildman–Crippen MR) is 117 cm³/mol. The fraction of sp³-hybridized carbons (Fsp3) is 0.182. The van der Waals surface area contributed by atoms with Crippen LogP contribution in [0.5, 0.6) is 0 Å². The minimum Gasteiger partial charge on any atom is -0.309 e. The van der Waals surface area contributed by atoms with Crippen LogP contribution in [-0.2, 0) is 6.42 Å². The summed E-state index contributed by atoms with van der Waals surface area (Å²) in [6.45, 7) is 4.13. The summed E-state index contributed by atoms with van der Waals surface area (Å²) in [6, 6.07) is 16.3. The molecule has 0 saturated carbocycles. The SMILES string of the molecule is Cc1cccc(-n2cnc3nc(N4c5ccccc5C[C@H]4C)[nH]c(=O)c3c2=S)c1. The fourth-order valence-electron chi connectivity index (χ4n) is 3.99. The Morgan fingerprint density at radius 3 is 2.83 bits per heavy atom. The van der Waals surface area contributed by atoms with Crippen LogP contribution in [0.4, 0.5) is 11.6 Å². The van der Waals surface area contributed by atoms with Gasteiger partial charge in [-0.1, -0.05) is 42.5 Å². The first-order chi connectivity index (χ1) is 14.0. The summed E-state index contributed by atoms with van der Waals surface area (Å²) >= 11 is 5.62. The van der Waals surface area contributed by atoms with Crippen molar-refractivity contribution in [3.63, 3.8) is 0 Å². The topological polar surface area (TPSA) is 66.8 Å². The van der Waals surface area contributed by atoms with Gasteiger partial charge in [0.25, 0.3) is 5.56 Å². The van der Waals surface area contributed by atoms with E-state index in [9.17, 15) is 4.79 Å². The molecule has 7 heteroatoms. The lowest BCUT2D eigenvalue weighted by Gasteiger charge is -2.23. The second kappa shape index (κ2) is 6.63. The number of aromatic nitrogens is 4. The number of rotatable bonds is 2. The van der Waals surface area contributed by atoms with Gasteiger partial charge >= 0.3 is 0 Å². The van der Waals surface area contributed by atoms with E-state index in [1.54, 1.807) is 10.9 Å². The zero-order valence-corrected chi connectivity index (χ0v) is 16.9. The van der Waals surface area contributed by atoms with Gasteiger partial charge in [-0.2, -0.15) is 4.98 Å². The minimum atomic E-state index is -0.277. The summed E-state index contributed by atoms with van der Waals surface area (Å²) in [4.78, 5) is 27.1. The molecule has 0 bridgehead atoms. The van der Waals surface area contributed by atoms with Crippen LogP contribution in [-0.4, -0.2) is 25.6 Å². The zero-order valence-electron chi connectivity index (χ0n) is 16.1. The Hall–Kier alpha value is -3.32. The van der Waals surface area contributed by atoms with Gasteiger partial charge in [0.15, 0.2) is 5.65 Å². The Morgan fingerprint density at radius 1 is 1.17 bits per heavy atom. The number of benzene rings is 2. The molecule has 5 rings (SSSR count). The van der Waals surface area contributed by atoms with Crippen LogP contribution in [0.15, 0.2) is 59.7 Å². The molecule has 1 N–H and O–H groups in total. The molecule has 2 aromatic heterocycles. The molecule has 29 heavy (non-hydrogen) atoms. The summed E-state index contributed by atoms with van der Waals surface area (Å²) < 4.78 is 2.14. The third kappa shape index (κ3) is 2.86. The van der Waals surface area contributed by atoms with E-state index in [0.29, 0.717) is 21.6 Å². The molecule has 0 aliphatic carbocycles. The minimum absolute atomic E-state index is 0.192. The number of aromatic amines is 1. The first-order valence-electron chi connectivity index (χ1n) is 9.49. The van der Waals surface area contributed by atoms with Gasteiger partial charge < -0.3 is 4.90 Å². The van der Waals surface area contributed by atoms with Crippen molar-refractivity contribution in [2.75, 3.05) is 4.90 Å². The van der Waals surface area contributed by atoms with Crippen molar-refractivity contribution in [1.29, 1.82) is 0 Å². The number of nitrogens with zero attached hydrogens (tertiary/aromatic N) is 4. The first kappa shape index (κ1) is 17.8. The van der Waals surface area contributed by atoms with Gasteiger partial charge in [0, 0.05) is 17.4 Å². The number of aryl methyl sites for hydroxylation is 1. The fourth-order valence-corrected chi connectivity index (χ4v) is 4.32. The van der Waals surface area contributed by atoms with Crippen LogP contribution in [0.3, 0.4) is 0 Å². The summed E-state index contributed by atoms with van der Waals surface area (Å²) in [7, 11) is 0. The van der Waals surface area contributed by atoms with Gasteiger partial charge in [-0.15, -0.1) is 0 Å². The number of anilines is 2. The van der Waals surface area contributed by atoms with Crippen molar-refractivity contribution < 1.29 is 0 Å². The maximum atomic E-state index is 13.0. The van der Waals surface area contributed by atoms with Gasteiger partial charge in [-0.3, -0.25) is 14.3 Å². The molecular formula is C22H19N5OS. The summed E-state index contributed by atoms with van der Waals surface area (Å²) in [5.41, 5.74) is 4.36. The summed E-state index contributed by atoms with van der Waals surface area (Å²) in [6.07, 6.45) is 2.54. The number of nitrogens with one attached hydrogen (secondary N) is 1. The number of para-hydroxylation sites is 1. The standard InChI is InChI=1S/C22H19N5OS/c1-13-6-5-8-16(10-13)26-12-23-19-18(21(26)29)20(28)25-22(24-19)27-14(2)11-15-7-3-4-9-17(15)27/h3-10,12,14H,11H2,1-2H3,(H,24,25,28)/t14-/m1/s1. The molecule has 4 aromatic rings. The van der Waals surface area contributed by atoms with E-state index in [4.69, 9.17) is 12.2 Å². The van der Waals surface area contributed by atoms with Crippen LogP contribution in [0, 0.1) is 11.6 Å². The second-order valence-electron chi connectivity index (χ2n) is 7.40. The quantitative estimate of drug-likeness (QED) is 0.509. The zero-order chi connectivity index (χ0) is 20.1. The van der Waals surface area contributed by atoms with Crippen molar-refractivity contribution in [2.45, 2.75) is 26.3 Å². The van der Waals surface area contributed by atoms with Crippen LogP contribution < -0.4 is 10.5 Å². The van der Waals surface area contributed by atoms with E-state index >= 15 is 0 Å². The third-order valence-electron chi connectivity index (χ3n) is 5.33. The largest absolute Gasteiger partial charge is 0.309 e. The molecule has 0 spiro atoms. The number of H-pyrrole nitrogens is 1. The molecule has 0 fully saturated rings. The molecule has 1 aliphatic rings. The molecule has 0 amide bonds. The van der Waals surface area contributed by atoms with E-state index < -0.39 is 0 Å². The van der Waals surface area contributed by atoms with E-state index in [1.807, 2.05) is 49.4 Å². The van der Waals surface area contributed by atoms with Gasteiger partial charge in [-0.25, -0.2) is 4.98 Å². The van der Waals surface area contributed by atoms with Gasteiger partial charge in [0.05, 0.1) is 0 Å². The van der Waals surface area contributed by atoms with Crippen LogP contribution >= 0.6 is 12.2 Å².